The third-order valence-corrected chi connectivity index (χ3v) is 3.54. The molecule has 1 heterocycles. The summed E-state index contributed by atoms with van der Waals surface area (Å²) in [5.74, 6) is 0. The third kappa shape index (κ3) is 3.09. The Morgan fingerprint density at radius 3 is 2.19 bits per heavy atom. The van der Waals surface area contributed by atoms with Gasteiger partial charge in [0.2, 0.25) is 0 Å². The number of rotatable bonds is 2. The fraction of sp³-hybridized carbons (Fsp3) is 0. The van der Waals surface area contributed by atoms with E-state index in [1.807, 2.05) is 54.6 Å². The Morgan fingerprint density at radius 1 is 0.810 bits per heavy atom. The molecule has 0 saturated carbocycles. The number of benzene rings is 2. The minimum Gasteiger partial charge on any atom is -0.223 e. The van der Waals surface area contributed by atoms with Gasteiger partial charge in [0, 0.05) is 33.7 Å². The van der Waals surface area contributed by atoms with Gasteiger partial charge in [-0.3, -0.25) is 0 Å². The fourth-order valence-electron chi connectivity index (χ4n) is 2.07. The minimum absolute atomic E-state index is 0.627. The van der Waals surface area contributed by atoms with Crippen molar-refractivity contribution in [2.45, 2.75) is 0 Å². The first-order chi connectivity index (χ1) is 10.3. The molecule has 100 valence electrons. The topological polar surface area (TPSA) is 49.6 Å². The van der Waals surface area contributed by atoms with Gasteiger partial charge in [-0.25, -0.2) is 9.97 Å². The maximum atomic E-state index is 9.01. The van der Waals surface area contributed by atoms with Gasteiger partial charge in [0.05, 0.1) is 23.0 Å². The molecule has 1 aromatic heterocycles. The van der Waals surface area contributed by atoms with Gasteiger partial charge in [-0.15, -0.1) is 0 Å². The fourth-order valence-corrected chi connectivity index (χ4v) is 2.59. The lowest BCUT2D eigenvalue weighted by molar-refractivity contribution is 1.12. The van der Waals surface area contributed by atoms with Crippen LogP contribution in [0.1, 0.15) is 5.56 Å². The standard InChI is InChI=1S/C17H10IN3/c18-17-20-15(13-6-2-1-3-7-13)10-16(21-17)14-8-4-5-12(9-14)11-19/h1-10H. The van der Waals surface area contributed by atoms with Crippen molar-refractivity contribution in [3.05, 3.63) is 70.1 Å². The molecule has 3 nitrogen and oxygen atoms in total. The van der Waals surface area contributed by atoms with E-state index in [2.05, 4.69) is 38.6 Å². The summed E-state index contributed by atoms with van der Waals surface area (Å²) in [6.07, 6.45) is 0. The van der Waals surface area contributed by atoms with Gasteiger partial charge >= 0.3 is 0 Å². The average Bonchev–Trinajstić information content (AvgIpc) is 2.55. The molecular weight excluding hydrogens is 373 g/mol. The van der Waals surface area contributed by atoms with Crippen molar-refractivity contribution in [3.63, 3.8) is 0 Å². The van der Waals surface area contributed by atoms with Gasteiger partial charge in [-0.1, -0.05) is 42.5 Å². The van der Waals surface area contributed by atoms with Crippen LogP contribution in [-0.4, -0.2) is 9.97 Å². The van der Waals surface area contributed by atoms with Crippen LogP contribution >= 0.6 is 22.6 Å². The molecule has 0 aliphatic carbocycles. The quantitative estimate of drug-likeness (QED) is 0.490. The first-order valence-electron chi connectivity index (χ1n) is 6.37. The lowest BCUT2D eigenvalue weighted by Gasteiger charge is -2.06. The van der Waals surface area contributed by atoms with E-state index in [1.54, 1.807) is 6.07 Å². The van der Waals surface area contributed by atoms with E-state index in [0.29, 0.717) is 9.39 Å². The summed E-state index contributed by atoms with van der Waals surface area (Å²) in [5.41, 5.74) is 4.31. The van der Waals surface area contributed by atoms with Crippen LogP contribution in [0, 0.1) is 15.2 Å². The summed E-state index contributed by atoms with van der Waals surface area (Å²) in [4.78, 5) is 8.95. The zero-order valence-electron chi connectivity index (χ0n) is 11.0. The van der Waals surface area contributed by atoms with Crippen LogP contribution in [0.4, 0.5) is 0 Å². The number of nitriles is 1. The van der Waals surface area contributed by atoms with Crippen LogP contribution in [0.15, 0.2) is 60.7 Å². The smallest absolute Gasteiger partial charge is 0.191 e. The largest absolute Gasteiger partial charge is 0.223 e. The molecule has 2 aromatic carbocycles. The van der Waals surface area contributed by atoms with E-state index in [0.717, 1.165) is 22.5 Å². The number of hydrogen-bond acceptors (Lipinski definition) is 3. The van der Waals surface area contributed by atoms with Gasteiger partial charge in [0.25, 0.3) is 0 Å². The van der Waals surface area contributed by atoms with Crippen molar-refractivity contribution in [1.82, 2.24) is 9.97 Å². The Morgan fingerprint density at radius 2 is 1.48 bits per heavy atom. The second-order valence-electron chi connectivity index (χ2n) is 4.47. The first-order valence-corrected chi connectivity index (χ1v) is 7.45. The van der Waals surface area contributed by atoms with Gasteiger partial charge in [-0.05, 0) is 18.2 Å². The van der Waals surface area contributed by atoms with E-state index in [9.17, 15) is 0 Å². The summed E-state index contributed by atoms with van der Waals surface area (Å²) in [7, 11) is 0. The second kappa shape index (κ2) is 6.02. The van der Waals surface area contributed by atoms with Crippen molar-refractivity contribution in [2.24, 2.45) is 0 Å². The Bertz CT molecular complexity index is 823. The maximum absolute atomic E-state index is 9.01. The molecule has 0 amide bonds. The van der Waals surface area contributed by atoms with Crippen molar-refractivity contribution >= 4 is 22.6 Å². The van der Waals surface area contributed by atoms with Crippen molar-refractivity contribution in [2.75, 3.05) is 0 Å². The molecule has 3 rings (SSSR count). The second-order valence-corrected chi connectivity index (χ2v) is 5.43. The van der Waals surface area contributed by atoms with Gasteiger partial charge < -0.3 is 0 Å². The normalized spacial score (nSPS) is 10.1. The predicted molar refractivity (Wildman–Crippen MR) is 90.3 cm³/mol. The zero-order valence-corrected chi connectivity index (χ0v) is 13.2. The molecule has 0 aliphatic heterocycles. The Kier molecular flexibility index (Phi) is 3.93. The predicted octanol–water partition coefficient (Wildman–Crippen LogP) is 4.29. The third-order valence-electron chi connectivity index (χ3n) is 3.06. The average molecular weight is 383 g/mol. The summed E-state index contributed by atoms with van der Waals surface area (Å²) >= 11 is 2.12. The van der Waals surface area contributed by atoms with Gasteiger partial charge in [-0.2, -0.15) is 5.26 Å². The molecule has 0 bridgehead atoms. The van der Waals surface area contributed by atoms with Crippen LogP contribution in [0.2, 0.25) is 0 Å². The Balaban J connectivity index is 2.12. The lowest BCUT2D eigenvalue weighted by atomic mass is 10.1. The Labute approximate surface area is 136 Å². The van der Waals surface area contributed by atoms with Crippen LogP contribution in [0.3, 0.4) is 0 Å². The molecule has 0 N–H and O–H groups in total. The van der Waals surface area contributed by atoms with Crippen LogP contribution in [-0.2, 0) is 0 Å². The number of hydrogen-bond donors (Lipinski definition) is 0. The highest BCUT2D eigenvalue weighted by Crippen LogP contribution is 2.24. The lowest BCUT2D eigenvalue weighted by Crippen LogP contribution is -1.94. The SMILES string of the molecule is N#Cc1cccc(-c2cc(-c3ccccc3)nc(I)n2)c1. The number of nitrogens with zero attached hydrogens (tertiary/aromatic N) is 3. The summed E-state index contributed by atoms with van der Waals surface area (Å²) in [5, 5.41) is 9.01. The molecule has 0 radical (unpaired) electrons. The molecule has 0 unspecified atom stereocenters. The number of aromatic nitrogens is 2. The first kappa shape index (κ1) is 13.7. The Hall–Kier alpha value is -2.26. The summed E-state index contributed by atoms with van der Waals surface area (Å²) in [6.45, 7) is 0. The molecular formula is C17H10IN3. The zero-order chi connectivity index (χ0) is 14.7. The van der Waals surface area contributed by atoms with Crippen molar-refractivity contribution < 1.29 is 0 Å². The van der Waals surface area contributed by atoms with E-state index >= 15 is 0 Å². The summed E-state index contributed by atoms with van der Waals surface area (Å²) < 4.78 is 0.686. The minimum atomic E-state index is 0.627. The van der Waals surface area contributed by atoms with Crippen molar-refractivity contribution in [3.8, 4) is 28.6 Å². The molecule has 4 heteroatoms. The van der Waals surface area contributed by atoms with Crippen LogP contribution in [0.25, 0.3) is 22.5 Å². The van der Waals surface area contributed by atoms with Crippen molar-refractivity contribution in [1.29, 1.82) is 5.26 Å². The van der Waals surface area contributed by atoms with Gasteiger partial charge in [0.15, 0.2) is 3.83 Å². The highest BCUT2D eigenvalue weighted by molar-refractivity contribution is 14.1. The highest BCUT2D eigenvalue weighted by atomic mass is 127. The van der Waals surface area contributed by atoms with Crippen LogP contribution in [0.5, 0.6) is 0 Å². The molecule has 3 aromatic rings. The molecule has 21 heavy (non-hydrogen) atoms. The van der Waals surface area contributed by atoms with E-state index in [4.69, 9.17) is 5.26 Å². The summed E-state index contributed by atoms with van der Waals surface area (Å²) in [6, 6.07) is 21.5. The maximum Gasteiger partial charge on any atom is 0.191 e. The van der Waals surface area contributed by atoms with E-state index < -0.39 is 0 Å². The molecule has 0 spiro atoms. The van der Waals surface area contributed by atoms with E-state index in [-0.39, 0.29) is 0 Å². The molecule has 0 saturated heterocycles. The number of halogens is 1. The van der Waals surface area contributed by atoms with Crippen LogP contribution < -0.4 is 0 Å². The highest BCUT2D eigenvalue weighted by Gasteiger charge is 2.07. The monoisotopic (exact) mass is 383 g/mol. The van der Waals surface area contributed by atoms with Gasteiger partial charge in [0.1, 0.15) is 0 Å². The molecule has 0 fully saturated rings. The van der Waals surface area contributed by atoms with E-state index in [1.165, 1.54) is 0 Å². The molecule has 0 aliphatic rings. The molecule has 0 atom stereocenters.